The van der Waals surface area contributed by atoms with Crippen molar-refractivity contribution in [2.45, 2.75) is 11.4 Å². The van der Waals surface area contributed by atoms with Crippen LogP contribution in [0.2, 0.25) is 0 Å². The Morgan fingerprint density at radius 1 is 1.00 bits per heavy atom. The van der Waals surface area contributed by atoms with Crippen LogP contribution in [0.25, 0.3) is 11.1 Å². The summed E-state index contributed by atoms with van der Waals surface area (Å²) in [5.74, 6) is 0.785. The maximum absolute atomic E-state index is 11.9. The highest BCUT2D eigenvalue weighted by molar-refractivity contribution is 7.90. The highest BCUT2D eigenvalue weighted by Crippen LogP contribution is 2.28. The van der Waals surface area contributed by atoms with Crippen molar-refractivity contribution in [3.8, 4) is 16.9 Å². The molecule has 0 atom stereocenters. The number of hydrogen-bond acceptors (Lipinski definition) is 6. The van der Waals surface area contributed by atoms with E-state index in [1.54, 1.807) is 7.11 Å². The van der Waals surface area contributed by atoms with Gasteiger partial charge in [-0.3, -0.25) is 10.1 Å². The Morgan fingerprint density at radius 2 is 1.72 bits per heavy atom. The summed E-state index contributed by atoms with van der Waals surface area (Å²) in [5, 5.41) is 14.2. The fourth-order valence-corrected chi connectivity index (χ4v) is 3.76. The maximum Gasteiger partial charge on any atom is 0.288 e. The lowest BCUT2D eigenvalue weighted by atomic mass is 10.0. The number of sulfone groups is 1. The third-order valence-electron chi connectivity index (χ3n) is 4.41. The summed E-state index contributed by atoms with van der Waals surface area (Å²) >= 11 is 0. The van der Waals surface area contributed by atoms with Crippen molar-refractivity contribution in [1.82, 2.24) is 0 Å². The minimum Gasteiger partial charge on any atom is -0.497 e. The molecular weight excluding hydrogens is 392 g/mol. The molecule has 3 aromatic rings. The van der Waals surface area contributed by atoms with Gasteiger partial charge >= 0.3 is 0 Å². The van der Waals surface area contributed by atoms with Gasteiger partial charge in [0, 0.05) is 24.6 Å². The smallest absolute Gasteiger partial charge is 0.288 e. The summed E-state index contributed by atoms with van der Waals surface area (Å²) in [7, 11) is -2.09. The van der Waals surface area contributed by atoms with E-state index in [-0.39, 0.29) is 4.90 Å². The molecule has 0 saturated heterocycles. The lowest BCUT2D eigenvalue weighted by Crippen LogP contribution is -2.05. The van der Waals surface area contributed by atoms with Gasteiger partial charge in [0.25, 0.3) is 5.69 Å². The maximum atomic E-state index is 11.9. The Morgan fingerprint density at radius 3 is 2.34 bits per heavy atom. The Bertz CT molecular complexity index is 1140. The van der Waals surface area contributed by atoms with Gasteiger partial charge in [0.05, 0.1) is 12.0 Å². The minimum atomic E-state index is -3.72. The standard InChI is InChI=1S/C21H20N2O5S/c1-28-19-5-3-4-17(12-19)16-8-6-15(7-9-16)14-22-18-10-11-20(23(24)25)21(13-18)29(2,26)27/h3-13,22H,14H2,1-2H3. The third kappa shape index (κ3) is 4.91. The van der Waals surface area contributed by atoms with Crippen LogP contribution in [0.15, 0.2) is 71.6 Å². The Labute approximate surface area is 169 Å². The van der Waals surface area contributed by atoms with E-state index in [9.17, 15) is 18.5 Å². The number of methoxy groups -OCH3 is 1. The number of nitrogens with zero attached hydrogens (tertiary/aromatic N) is 1. The van der Waals surface area contributed by atoms with Crippen LogP contribution in [0.4, 0.5) is 11.4 Å². The highest BCUT2D eigenvalue weighted by atomic mass is 32.2. The van der Waals surface area contributed by atoms with Crippen LogP contribution in [0.3, 0.4) is 0 Å². The van der Waals surface area contributed by atoms with Gasteiger partial charge in [0.2, 0.25) is 0 Å². The summed E-state index contributed by atoms with van der Waals surface area (Å²) in [5.41, 5.74) is 3.13. The van der Waals surface area contributed by atoms with Gasteiger partial charge in [-0.2, -0.15) is 0 Å². The fraction of sp³-hybridized carbons (Fsp3) is 0.143. The SMILES string of the molecule is COc1cccc(-c2ccc(CNc3ccc([N+](=O)[O-])c(S(C)(=O)=O)c3)cc2)c1. The molecule has 0 amide bonds. The van der Waals surface area contributed by atoms with E-state index in [1.165, 1.54) is 18.2 Å². The van der Waals surface area contributed by atoms with Gasteiger partial charge in [0.15, 0.2) is 9.84 Å². The van der Waals surface area contributed by atoms with E-state index in [1.807, 2.05) is 48.5 Å². The molecule has 0 aromatic heterocycles. The third-order valence-corrected chi connectivity index (χ3v) is 5.54. The first-order chi connectivity index (χ1) is 13.8. The van der Waals surface area contributed by atoms with Crippen LogP contribution in [-0.2, 0) is 16.4 Å². The quantitative estimate of drug-likeness (QED) is 0.459. The Kier molecular flexibility index (Phi) is 5.84. The van der Waals surface area contributed by atoms with Crippen molar-refractivity contribution in [3.05, 3.63) is 82.4 Å². The second-order valence-electron chi connectivity index (χ2n) is 6.49. The van der Waals surface area contributed by atoms with Crippen molar-refractivity contribution >= 4 is 21.2 Å². The molecule has 0 bridgehead atoms. The molecule has 150 valence electrons. The van der Waals surface area contributed by atoms with E-state index in [4.69, 9.17) is 4.74 Å². The van der Waals surface area contributed by atoms with Gasteiger partial charge in [0.1, 0.15) is 10.6 Å². The summed E-state index contributed by atoms with van der Waals surface area (Å²) in [6.07, 6.45) is 0.955. The topological polar surface area (TPSA) is 98.5 Å². The number of hydrogen-bond donors (Lipinski definition) is 1. The van der Waals surface area contributed by atoms with E-state index < -0.39 is 20.4 Å². The van der Waals surface area contributed by atoms with E-state index in [0.717, 1.165) is 28.7 Å². The minimum absolute atomic E-state index is 0.305. The number of nitro groups is 1. The second-order valence-corrected chi connectivity index (χ2v) is 8.48. The number of benzene rings is 3. The molecule has 0 saturated carbocycles. The summed E-state index contributed by atoms with van der Waals surface area (Å²) < 4.78 is 29.0. The molecule has 3 aromatic carbocycles. The predicted molar refractivity (Wildman–Crippen MR) is 112 cm³/mol. The van der Waals surface area contributed by atoms with Crippen molar-refractivity contribution in [3.63, 3.8) is 0 Å². The number of anilines is 1. The van der Waals surface area contributed by atoms with Crippen LogP contribution in [0.5, 0.6) is 5.75 Å². The highest BCUT2D eigenvalue weighted by Gasteiger charge is 2.22. The van der Waals surface area contributed by atoms with E-state index >= 15 is 0 Å². The first-order valence-electron chi connectivity index (χ1n) is 8.73. The number of nitrogens with one attached hydrogen (secondary N) is 1. The first kappa shape index (κ1) is 20.3. The number of nitro benzene ring substituents is 1. The van der Waals surface area contributed by atoms with Gasteiger partial charge in [-0.15, -0.1) is 0 Å². The van der Waals surface area contributed by atoms with E-state index in [0.29, 0.717) is 12.2 Å². The molecule has 1 N–H and O–H groups in total. The molecule has 3 rings (SSSR count). The fourth-order valence-electron chi connectivity index (χ4n) is 2.89. The van der Waals surface area contributed by atoms with Crippen molar-refractivity contribution in [2.75, 3.05) is 18.7 Å². The average molecular weight is 412 g/mol. The zero-order valence-corrected chi connectivity index (χ0v) is 16.8. The largest absolute Gasteiger partial charge is 0.497 e. The first-order valence-corrected chi connectivity index (χ1v) is 10.6. The molecule has 0 unspecified atom stereocenters. The molecule has 0 aliphatic heterocycles. The zero-order chi connectivity index (χ0) is 21.0. The summed E-state index contributed by atoms with van der Waals surface area (Å²) in [6.45, 7) is 0.444. The molecule has 8 heteroatoms. The Hall–Kier alpha value is -3.39. The van der Waals surface area contributed by atoms with Gasteiger partial charge in [-0.25, -0.2) is 8.42 Å². The zero-order valence-electron chi connectivity index (χ0n) is 16.0. The molecule has 0 heterocycles. The lowest BCUT2D eigenvalue weighted by Gasteiger charge is -2.10. The van der Waals surface area contributed by atoms with Crippen LogP contribution in [0.1, 0.15) is 5.56 Å². The summed E-state index contributed by atoms with van der Waals surface area (Å²) in [6, 6.07) is 19.7. The lowest BCUT2D eigenvalue weighted by molar-refractivity contribution is -0.387. The van der Waals surface area contributed by atoms with Crippen molar-refractivity contribution in [2.24, 2.45) is 0 Å². The van der Waals surface area contributed by atoms with Crippen LogP contribution in [0, 0.1) is 10.1 Å². The molecule has 29 heavy (non-hydrogen) atoms. The molecule has 0 spiro atoms. The monoisotopic (exact) mass is 412 g/mol. The number of rotatable bonds is 7. The molecule has 7 nitrogen and oxygen atoms in total. The number of ether oxygens (including phenoxy) is 1. The predicted octanol–water partition coefficient (Wildman–Crippen LogP) is 4.29. The summed E-state index contributed by atoms with van der Waals surface area (Å²) in [4.78, 5) is 10.1. The van der Waals surface area contributed by atoms with Crippen molar-refractivity contribution in [1.29, 1.82) is 0 Å². The van der Waals surface area contributed by atoms with Crippen molar-refractivity contribution < 1.29 is 18.1 Å². The molecule has 0 fully saturated rings. The second kappa shape index (κ2) is 8.32. The van der Waals surface area contributed by atoms with Gasteiger partial charge in [-0.1, -0.05) is 36.4 Å². The molecule has 0 radical (unpaired) electrons. The average Bonchev–Trinajstić information content (AvgIpc) is 2.71. The van der Waals surface area contributed by atoms with Crippen LogP contribution in [-0.4, -0.2) is 26.7 Å². The van der Waals surface area contributed by atoms with Crippen LogP contribution >= 0.6 is 0 Å². The Balaban J connectivity index is 1.76. The normalized spacial score (nSPS) is 11.1. The van der Waals surface area contributed by atoms with Gasteiger partial charge in [-0.05, 0) is 41.0 Å². The molecule has 0 aliphatic carbocycles. The van der Waals surface area contributed by atoms with E-state index in [2.05, 4.69) is 5.32 Å². The molecular formula is C21H20N2O5S. The van der Waals surface area contributed by atoms with Crippen LogP contribution < -0.4 is 10.1 Å². The molecule has 0 aliphatic rings. The van der Waals surface area contributed by atoms with Gasteiger partial charge < -0.3 is 10.1 Å².